The molecule has 2 atom stereocenters. The highest BCUT2D eigenvalue weighted by Crippen LogP contribution is 2.40. The Kier molecular flexibility index (Phi) is 7.46. The lowest BCUT2D eigenvalue weighted by Gasteiger charge is -2.26. The van der Waals surface area contributed by atoms with Crippen LogP contribution in [0.5, 0.6) is 0 Å². The number of pyridine rings is 1. The molecule has 0 saturated carbocycles. The van der Waals surface area contributed by atoms with Crippen molar-refractivity contribution in [3.05, 3.63) is 108 Å². The fourth-order valence-electron chi connectivity index (χ4n) is 4.64. The molecule has 5 rings (SSSR count). The van der Waals surface area contributed by atoms with Gasteiger partial charge in [0.05, 0.1) is 24.4 Å². The van der Waals surface area contributed by atoms with Crippen molar-refractivity contribution in [2.75, 3.05) is 25.5 Å². The van der Waals surface area contributed by atoms with Crippen molar-refractivity contribution in [2.24, 2.45) is 0 Å². The molecule has 0 radical (unpaired) electrons. The highest BCUT2D eigenvalue weighted by molar-refractivity contribution is 7.80. The Morgan fingerprint density at radius 2 is 1.84 bits per heavy atom. The van der Waals surface area contributed by atoms with E-state index in [1.54, 1.807) is 18.3 Å². The van der Waals surface area contributed by atoms with Crippen LogP contribution in [0.1, 0.15) is 40.3 Å². The maximum absolute atomic E-state index is 12.3. The molecule has 188 valence electrons. The van der Waals surface area contributed by atoms with Gasteiger partial charge in [0.25, 0.3) is 0 Å². The van der Waals surface area contributed by atoms with Gasteiger partial charge in [-0.25, -0.2) is 4.79 Å². The summed E-state index contributed by atoms with van der Waals surface area (Å²) in [6, 6.07) is 26.7. The first-order valence-corrected chi connectivity index (χ1v) is 12.6. The van der Waals surface area contributed by atoms with E-state index < -0.39 is 5.97 Å². The lowest BCUT2D eigenvalue weighted by atomic mass is 10.0. The highest BCUT2D eigenvalue weighted by Gasteiger charge is 2.41. The van der Waals surface area contributed by atoms with E-state index in [1.165, 1.54) is 7.11 Å². The van der Waals surface area contributed by atoms with Gasteiger partial charge in [-0.2, -0.15) is 0 Å². The number of ether oxygens (including phenoxy) is 1. The van der Waals surface area contributed by atoms with E-state index in [-0.39, 0.29) is 12.1 Å². The van der Waals surface area contributed by atoms with Crippen molar-refractivity contribution in [3.63, 3.8) is 0 Å². The zero-order chi connectivity index (χ0) is 25.6. The Morgan fingerprint density at radius 3 is 2.62 bits per heavy atom. The van der Waals surface area contributed by atoms with E-state index in [0.29, 0.717) is 22.0 Å². The number of carbonyl (C=O) groups excluding carboxylic acids is 1. The Morgan fingerprint density at radius 1 is 1.05 bits per heavy atom. The molecule has 0 bridgehead atoms. The number of hydrogen-bond acceptors (Lipinski definition) is 6. The van der Waals surface area contributed by atoms with Gasteiger partial charge in [0.1, 0.15) is 17.6 Å². The second-order valence-corrected chi connectivity index (χ2v) is 9.09. The van der Waals surface area contributed by atoms with Gasteiger partial charge >= 0.3 is 5.97 Å². The summed E-state index contributed by atoms with van der Waals surface area (Å²) < 4.78 is 11.4. The van der Waals surface area contributed by atoms with Crippen LogP contribution in [0.15, 0.2) is 95.5 Å². The number of carbonyl (C=O) groups is 1. The number of anilines is 1. The quantitative estimate of drug-likeness (QED) is 0.170. The molecule has 8 heteroatoms. The number of thiocarbonyl (C=S) groups is 1. The van der Waals surface area contributed by atoms with Gasteiger partial charge in [0.15, 0.2) is 5.11 Å². The summed E-state index contributed by atoms with van der Waals surface area (Å²) in [5, 5.41) is 7.57. The van der Waals surface area contributed by atoms with Gasteiger partial charge in [0.2, 0.25) is 0 Å². The second-order valence-electron chi connectivity index (χ2n) is 8.71. The largest absolute Gasteiger partial charge is 0.465 e. The van der Waals surface area contributed by atoms with Crippen LogP contribution < -0.4 is 10.6 Å². The Bertz CT molecular complexity index is 1360. The molecule has 2 N–H and O–H groups in total. The molecule has 0 amide bonds. The number of methoxy groups -OCH3 is 1. The summed E-state index contributed by atoms with van der Waals surface area (Å²) in [6.45, 7) is 1.54. The molecule has 1 fully saturated rings. The van der Waals surface area contributed by atoms with Crippen LogP contribution in [0.2, 0.25) is 0 Å². The van der Waals surface area contributed by atoms with Crippen LogP contribution in [-0.4, -0.2) is 41.2 Å². The van der Waals surface area contributed by atoms with Crippen LogP contribution in [0.25, 0.3) is 11.3 Å². The third kappa shape index (κ3) is 5.34. The molecule has 37 heavy (non-hydrogen) atoms. The molecule has 3 heterocycles. The number of rotatable bonds is 9. The molecule has 7 nitrogen and oxygen atoms in total. The Labute approximate surface area is 221 Å². The van der Waals surface area contributed by atoms with Crippen LogP contribution in [0.3, 0.4) is 0 Å². The molecular weight excluding hydrogens is 484 g/mol. The molecule has 1 aliphatic rings. The molecule has 2 aromatic carbocycles. The highest BCUT2D eigenvalue weighted by atomic mass is 32.1. The van der Waals surface area contributed by atoms with Crippen molar-refractivity contribution in [2.45, 2.75) is 18.5 Å². The third-order valence-electron chi connectivity index (χ3n) is 6.39. The number of esters is 1. The number of aromatic nitrogens is 1. The molecule has 0 unspecified atom stereocenters. The average Bonchev–Trinajstić information content (AvgIpc) is 3.56. The number of hydrogen-bond donors (Lipinski definition) is 2. The second kappa shape index (κ2) is 11.3. The minimum absolute atomic E-state index is 0.175. The lowest BCUT2D eigenvalue weighted by molar-refractivity contribution is 0.0601. The van der Waals surface area contributed by atoms with E-state index in [0.717, 1.165) is 36.7 Å². The third-order valence-corrected chi connectivity index (χ3v) is 6.74. The first-order chi connectivity index (χ1) is 18.2. The van der Waals surface area contributed by atoms with Gasteiger partial charge < -0.3 is 24.7 Å². The van der Waals surface area contributed by atoms with Gasteiger partial charge in [-0.05, 0) is 61.1 Å². The normalized spacial score (nSPS) is 16.9. The number of benzene rings is 2. The zero-order valence-electron chi connectivity index (χ0n) is 20.5. The van der Waals surface area contributed by atoms with Gasteiger partial charge in [-0.3, -0.25) is 4.98 Å². The van der Waals surface area contributed by atoms with E-state index in [1.807, 2.05) is 60.7 Å². The topological polar surface area (TPSA) is 79.6 Å². The van der Waals surface area contributed by atoms with Gasteiger partial charge in [0, 0.05) is 30.5 Å². The smallest absolute Gasteiger partial charge is 0.338 e. The molecule has 4 aromatic rings. The molecular formula is C29H28N4O3S. The summed E-state index contributed by atoms with van der Waals surface area (Å²) in [4.78, 5) is 19.1. The summed E-state index contributed by atoms with van der Waals surface area (Å²) in [6.07, 6.45) is 2.66. The van der Waals surface area contributed by atoms with Crippen LogP contribution in [-0.2, 0) is 4.74 Å². The summed E-state index contributed by atoms with van der Waals surface area (Å²) >= 11 is 5.77. The van der Waals surface area contributed by atoms with E-state index >= 15 is 0 Å². The number of nitrogens with zero attached hydrogens (tertiary/aromatic N) is 2. The van der Waals surface area contributed by atoms with Crippen molar-refractivity contribution >= 4 is 29.0 Å². The van der Waals surface area contributed by atoms with Crippen molar-refractivity contribution in [1.29, 1.82) is 0 Å². The number of furan rings is 1. The monoisotopic (exact) mass is 512 g/mol. The molecule has 1 aliphatic heterocycles. The first kappa shape index (κ1) is 24.5. The molecule has 0 spiro atoms. The fraction of sp³-hybridized carbons (Fsp3) is 0.207. The minimum atomic E-state index is -0.406. The van der Waals surface area contributed by atoms with E-state index in [2.05, 4.69) is 32.7 Å². The fourth-order valence-corrected chi connectivity index (χ4v) is 4.97. The van der Waals surface area contributed by atoms with E-state index in [9.17, 15) is 4.79 Å². The molecule has 1 saturated heterocycles. The number of para-hydroxylation sites is 1. The lowest BCUT2D eigenvalue weighted by Crippen LogP contribution is -2.31. The maximum Gasteiger partial charge on any atom is 0.338 e. The van der Waals surface area contributed by atoms with E-state index in [4.69, 9.17) is 21.4 Å². The summed E-state index contributed by atoms with van der Waals surface area (Å²) in [7, 11) is 1.37. The predicted molar refractivity (Wildman–Crippen MR) is 147 cm³/mol. The average molecular weight is 513 g/mol. The minimum Gasteiger partial charge on any atom is -0.465 e. The summed E-state index contributed by atoms with van der Waals surface area (Å²) in [5.74, 6) is 0.934. The van der Waals surface area contributed by atoms with Gasteiger partial charge in [-0.15, -0.1) is 0 Å². The standard InChI is InChI=1S/C29H28N4O3S/c1-35-28(34)22-13-6-5-12-21(22)24-15-16-25(36-24)27-26(23-14-7-8-17-31-23)32-29(37)33(27)19-9-18-30-20-10-3-2-4-11-20/h2-8,10-17,26-27,30H,9,18-19H2,1H3,(H,32,37)/t26-,27+/m1/s1. The van der Waals surface area contributed by atoms with Crippen LogP contribution in [0, 0.1) is 0 Å². The molecule has 0 aliphatic carbocycles. The maximum atomic E-state index is 12.3. The van der Waals surface area contributed by atoms with Crippen molar-refractivity contribution < 1.29 is 13.9 Å². The van der Waals surface area contributed by atoms with Gasteiger partial charge in [-0.1, -0.05) is 42.5 Å². The first-order valence-electron chi connectivity index (χ1n) is 12.2. The molecule has 2 aromatic heterocycles. The SMILES string of the molecule is COC(=O)c1ccccc1-c1ccc([C@H]2[C@@H](c3ccccn3)NC(=S)N2CCCNc2ccccc2)o1. The van der Waals surface area contributed by atoms with Crippen molar-refractivity contribution in [3.8, 4) is 11.3 Å². The summed E-state index contributed by atoms with van der Waals surface area (Å²) in [5.41, 5.74) is 3.11. The Balaban J connectivity index is 1.41. The Hall–Kier alpha value is -4.17. The number of nitrogens with one attached hydrogen (secondary N) is 2. The van der Waals surface area contributed by atoms with Crippen LogP contribution in [0.4, 0.5) is 5.69 Å². The predicted octanol–water partition coefficient (Wildman–Crippen LogP) is 5.60. The zero-order valence-corrected chi connectivity index (χ0v) is 21.3. The van der Waals surface area contributed by atoms with Crippen molar-refractivity contribution in [1.82, 2.24) is 15.2 Å². The van der Waals surface area contributed by atoms with Crippen LogP contribution >= 0.6 is 12.2 Å².